The zero-order chi connectivity index (χ0) is 17.1. The Bertz CT molecular complexity index is 865. The first kappa shape index (κ1) is 15.8. The van der Waals surface area contributed by atoms with Gasteiger partial charge in [0.25, 0.3) is 0 Å². The molecule has 5 heteroatoms. The molecule has 0 aliphatic heterocycles. The van der Waals surface area contributed by atoms with Crippen LogP contribution in [0, 0.1) is 13.8 Å². The van der Waals surface area contributed by atoms with E-state index in [2.05, 4.69) is 4.98 Å². The van der Waals surface area contributed by atoms with Crippen molar-refractivity contribution in [3.8, 4) is 17.2 Å². The van der Waals surface area contributed by atoms with E-state index in [1.807, 2.05) is 38.1 Å². The van der Waals surface area contributed by atoms with Crippen LogP contribution in [0.4, 0.5) is 0 Å². The Labute approximate surface area is 139 Å². The lowest BCUT2D eigenvalue weighted by atomic mass is 10.1. The lowest BCUT2D eigenvalue weighted by Gasteiger charge is -2.04. The van der Waals surface area contributed by atoms with Crippen molar-refractivity contribution < 1.29 is 19.1 Å². The average Bonchev–Trinajstić information content (AvgIpc) is 2.94. The number of rotatable bonds is 5. The number of carbonyl (C=O) groups is 1. The number of aryl methyl sites for hydroxylation is 2. The molecule has 1 aromatic heterocycles. The summed E-state index contributed by atoms with van der Waals surface area (Å²) in [5.41, 5.74) is 2.80. The Morgan fingerprint density at radius 3 is 2.58 bits per heavy atom. The Kier molecular flexibility index (Phi) is 4.33. The third-order valence-corrected chi connectivity index (χ3v) is 3.64. The van der Waals surface area contributed by atoms with Crippen molar-refractivity contribution in [2.75, 3.05) is 0 Å². The number of aromatic nitrogens is 1. The summed E-state index contributed by atoms with van der Waals surface area (Å²) < 4.78 is 11.4. The minimum atomic E-state index is -0.961. The number of benzene rings is 2. The number of aromatic carboxylic acids is 1. The molecule has 3 rings (SSSR count). The smallest absolute Gasteiger partial charge is 0.335 e. The topological polar surface area (TPSA) is 72.6 Å². The third kappa shape index (κ3) is 3.46. The van der Waals surface area contributed by atoms with Crippen molar-refractivity contribution in [2.45, 2.75) is 20.5 Å². The van der Waals surface area contributed by atoms with Crippen LogP contribution in [0.5, 0.6) is 5.75 Å². The highest BCUT2D eigenvalue weighted by Gasteiger charge is 2.13. The molecule has 0 atom stereocenters. The number of carboxylic acids is 1. The molecule has 24 heavy (non-hydrogen) atoms. The molecular formula is C19H17NO4. The average molecular weight is 323 g/mol. The largest absolute Gasteiger partial charge is 0.487 e. The van der Waals surface area contributed by atoms with Gasteiger partial charge in [0.05, 0.1) is 5.56 Å². The molecule has 0 saturated carbocycles. The van der Waals surface area contributed by atoms with Crippen LogP contribution in [0.25, 0.3) is 11.5 Å². The minimum absolute atomic E-state index is 0.227. The van der Waals surface area contributed by atoms with Gasteiger partial charge in [0, 0.05) is 5.56 Å². The van der Waals surface area contributed by atoms with E-state index in [1.165, 1.54) is 12.1 Å². The highest BCUT2D eigenvalue weighted by Crippen LogP contribution is 2.23. The summed E-state index contributed by atoms with van der Waals surface area (Å²) in [6.07, 6.45) is 0. The van der Waals surface area contributed by atoms with Crippen LogP contribution in [0.15, 0.2) is 52.9 Å². The number of oxazole rings is 1. The first-order valence-corrected chi connectivity index (χ1v) is 7.52. The summed E-state index contributed by atoms with van der Waals surface area (Å²) in [6, 6.07) is 14.2. The van der Waals surface area contributed by atoms with Crippen molar-refractivity contribution in [1.29, 1.82) is 0 Å². The summed E-state index contributed by atoms with van der Waals surface area (Å²) in [4.78, 5) is 15.3. The van der Waals surface area contributed by atoms with Crippen LogP contribution in [-0.4, -0.2) is 16.1 Å². The summed E-state index contributed by atoms with van der Waals surface area (Å²) in [6.45, 7) is 4.15. The van der Waals surface area contributed by atoms with Crippen molar-refractivity contribution in [3.63, 3.8) is 0 Å². The first-order chi connectivity index (χ1) is 11.5. The molecule has 1 N–H and O–H groups in total. The van der Waals surface area contributed by atoms with E-state index in [0.717, 1.165) is 16.9 Å². The predicted molar refractivity (Wildman–Crippen MR) is 89.1 cm³/mol. The van der Waals surface area contributed by atoms with Gasteiger partial charge < -0.3 is 14.3 Å². The van der Waals surface area contributed by atoms with Gasteiger partial charge in [-0.15, -0.1) is 0 Å². The normalized spacial score (nSPS) is 10.6. The summed E-state index contributed by atoms with van der Waals surface area (Å²) >= 11 is 0. The van der Waals surface area contributed by atoms with Gasteiger partial charge in [-0.3, -0.25) is 0 Å². The molecule has 122 valence electrons. The molecule has 3 aromatic rings. The zero-order valence-corrected chi connectivity index (χ0v) is 13.4. The van der Waals surface area contributed by atoms with E-state index >= 15 is 0 Å². The monoisotopic (exact) mass is 323 g/mol. The number of carboxylic acid groups (broad SMARTS) is 1. The molecule has 5 nitrogen and oxygen atoms in total. The Hall–Kier alpha value is -3.08. The fraction of sp³-hybridized carbons (Fsp3) is 0.158. The minimum Gasteiger partial charge on any atom is -0.487 e. The third-order valence-electron chi connectivity index (χ3n) is 3.64. The van der Waals surface area contributed by atoms with Crippen LogP contribution in [0.2, 0.25) is 0 Å². The Morgan fingerprint density at radius 2 is 1.92 bits per heavy atom. The SMILES string of the molecule is Cc1cccc(OCc2nc(-c3ccc(C(=O)O)cc3)oc2C)c1. The summed E-state index contributed by atoms with van der Waals surface area (Å²) in [7, 11) is 0. The number of nitrogens with zero attached hydrogens (tertiary/aromatic N) is 1. The van der Waals surface area contributed by atoms with Crippen LogP contribution >= 0.6 is 0 Å². The molecule has 0 aliphatic rings. The van der Waals surface area contributed by atoms with E-state index in [9.17, 15) is 4.79 Å². The maximum Gasteiger partial charge on any atom is 0.335 e. The zero-order valence-electron chi connectivity index (χ0n) is 13.4. The van der Waals surface area contributed by atoms with E-state index in [1.54, 1.807) is 12.1 Å². The van der Waals surface area contributed by atoms with Gasteiger partial charge in [0.15, 0.2) is 0 Å². The van der Waals surface area contributed by atoms with Gasteiger partial charge >= 0.3 is 5.97 Å². The summed E-state index contributed by atoms with van der Waals surface area (Å²) in [5, 5.41) is 8.94. The van der Waals surface area contributed by atoms with E-state index in [0.29, 0.717) is 24.0 Å². The van der Waals surface area contributed by atoms with Gasteiger partial charge in [-0.2, -0.15) is 0 Å². The second kappa shape index (κ2) is 6.58. The Morgan fingerprint density at radius 1 is 1.17 bits per heavy atom. The van der Waals surface area contributed by atoms with Crippen molar-refractivity contribution in [2.24, 2.45) is 0 Å². The van der Waals surface area contributed by atoms with Crippen LogP contribution in [-0.2, 0) is 6.61 Å². The molecule has 0 saturated heterocycles. The van der Waals surface area contributed by atoms with Gasteiger partial charge in [-0.05, 0) is 55.8 Å². The van der Waals surface area contributed by atoms with Gasteiger partial charge in [0.1, 0.15) is 23.8 Å². The van der Waals surface area contributed by atoms with Gasteiger partial charge in [-0.1, -0.05) is 12.1 Å². The highest BCUT2D eigenvalue weighted by atomic mass is 16.5. The maximum atomic E-state index is 10.9. The fourth-order valence-corrected chi connectivity index (χ4v) is 2.30. The second-order valence-electron chi connectivity index (χ2n) is 5.51. The quantitative estimate of drug-likeness (QED) is 0.760. The summed E-state index contributed by atoms with van der Waals surface area (Å²) in [5.74, 6) is 0.953. The van der Waals surface area contributed by atoms with E-state index in [4.69, 9.17) is 14.3 Å². The molecule has 0 amide bonds. The van der Waals surface area contributed by atoms with Crippen LogP contribution in [0.1, 0.15) is 27.4 Å². The molecular weight excluding hydrogens is 306 g/mol. The molecule has 0 spiro atoms. The fourth-order valence-electron chi connectivity index (χ4n) is 2.30. The molecule has 2 aromatic carbocycles. The lowest BCUT2D eigenvalue weighted by molar-refractivity contribution is 0.0697. The first-order valence-electron chi connectivity index (χ1n) is 7.52. The molecule has 0 aliphatic carbocycles. The van der Waals surface area contributed by atoms with Gasteiger partial charge in [-0.25, -0.2) is 9.78 Å². The van der Waals surface area contributed by atoms with Crippen LogP contribution in [0.3, 0.4) is 0 Å². The molecule has 0 fully saturated rings. The van der Waals surface area contributed by atoms with E-state index in [-0.39, 0.29) is 5.56 Å². The molecule has 0 radical (unpaired) electrons. The second-order valence-corrected chi connectivity index (χ2v) is 5.51. The van der Waals surface area contributed by atoms with E-state index < -0.39 is 5.97 Å². The number of hydrogen-bond donors (Lipinski definition) is 1. The van der Waals surface area contributed by atoms with Crippen molar-refractivity contribution >= 4 is 5.97 Å². The van der Waals surface area contributed by atoms with Crippen molar-refractivity contribution in [1.82, 2.24) is 4.98 Å². The maximum absolute atomic E-state index is 10.9. The highest BCUT2D eigenvalue weighted by molar-refractivity contribution is 5.88. The number of hydrogen-bond acceptors (Lipinski definition) is 4. The van der Waals surface area contributed by atoms with Crippen LogP contribution < -0.4 is 4.74 Å². The molecule has 1 heterocycles. The predicted octanol–water partition coefficient (Wildman–Crippen LogP) is 4.24. The lowest BCUT2D eigenvalue weighted by Crippen LogP contribution is -1.98. The standard InChI is InChI=1S/C19H17NO4/c1-12-4-3-5-16(10-12)23-11-17-13(2)24-18(20-17)14-6-8-15(9-7-14)19(21)22/h3-10H,11H2,1-2H3,(H,21,22). The van der Waals surface area contributed by atoms with Gasteiger partial charge in [0.2, 0.25) is 5.89 Å². The molecule has 0 bridgehead atoms. The molecule has 0 unspecified atom stereocenters. The number of ether oxygens (including phenoxy) is 1. The Balaban J connectivity index is 1.76. The van der Waals surface area contributed by atoms with Crippen molar-refractivity contribution in [3.05, 3.63) is 71.1 Å².